The summed E-state index contributed by atoms with van der Waals surface area (Å²) in [5.74, 6) is 5.62. The van der Waals surface area contributed by atoms with E-state index in [0.717, 1.165) is 6.54 Å². The van der Waals surface area contributed by atoms with Crippen LogP contribution in [0.2, 0.25) is 0 Å². The van der Waals surface area contributed by atoms with E-state index in [0.29, 0.717) is 16.5 Å². The van der Waals surface area contributed by atoms with Crippen molar-refractivity contribution < 1.29 is 4.39 Å². The molecule has 0 aliphatic heterocycles. The first kappa shape index (κ1) is 13.2. The fourth-order valence-corrected chi connectivity index (χ4v) is 1.91. The molecule has 0 fully saturated rings. The Morgan fingerprint density at radius 3 is 2.88 bits per heavy atom. The van der Waals surface area contributed by atoms with E-state index in [9.17, 15) is 4.39 Å². The van der Waals surface area contributed by atoms with E-state index in [1.807, 2.05) is 13.0 Å². The van der Waals surface area contributed by atoms with Gasteiger partial charge in [0, 0.05) is 18.0 Å². The molecule has 1 nitrogen and oxygen atoms in total. The van der Waals surface area contributed by atoms with Crippen molar-refractivity contribution in [1.82, 2.24) is 5.32 Å². The van der Waals surface area contributed by atoms with Crippen molar-refractivity contribution in [2.75, 3.05) is 6.54 Å². The predicted octanol–water partition coefficient (Wildman–Crippen LogP) is 3.65. The molecule has 1 rings (SSSR count). The molecule has 0 radical (unpaired) electrons. The summed E-state index contributed by atoms with van der Waals surface area (Å²) >= 11 is 3.19. The van der Waals surface area contributed by atoms with E-state index in [1.165, 1.54) is 0 Å². The van der Waals surface area contributed by atoms with Gasteiger partial charge in [0.1, 0.15) is 5.82 Å². The molecule has 86 valence electrons. The van der Waals surface area contributed by atoms with Crippen LogP contribution in [0.3, 0.4) is 0 Å². The molecular weight excluding hydrogens is 269 g/mol. The van der Waals surface area contributed by atoms with Gasteiger partial charge in [-0.15, -0.1) is 11.8 Å². The van der Waals surface area contributed by atoms with Crippen LogP contribution in [-0.2, 0) is 0 Å². The van der Waals surface area contributed by atoms with Crippen molar-refractivity contribution in [2.24, 2.45) is 0 Å². The number of hydrogen-bond acceptors (Lipinski definition) is 1. The monoisotopic (exact) mass is 283 g/mol. The summed E-state index contributed by atoms with van der Waals surface area (Å²) in [5, 5.41) is 3.24. The number of benzene rings is 1. The maximum atomic E-state index is 13.9. The smallest absolute Gasteiger partial charge is 0.142 e. The fraction of sp³-hybridized carbons (Fsp3) is 0.385. The molecule has 0 spiro atoms. The highest BCUT2D eigenvalue weighted by Crippen LogP contribution is 2.25. The minimum atomic E-state index is -0.202. The van der Waals surface area contributed by atoms with E-state index in [-0.39, 0.29) is 11.9 Å². The summed E-state index contributed by atoms with van der Waals surface area (Å²) < 4.78 is 14.4. The van der Waals surface area contributed by atoms with E-state index < -0.39 is 0 Å². The van der Waals surface area contributed by atoms with Crippen LogP contribution in [0.15, 0.2) is 22.7 Å². The maximum absolute atomic E-state index is 13.9. The Bertz CT molecular complexity index is 406. The van der Waals surface area contributed by atoms with E-state index in [1.54, 1.807) is 19.1 Å². The van der Waals surface area contributed by atoms with Gasteiger partial charge in [0.2, 0.25) is 0 Å². The van der Waals surface area contributed by atoms with Gasteiger partial charge in [0.05, 0.1) is 4.47 Å². The van der Waals surface area contributed by atoms with Crippen LogP contribution >= 0.6 is 15.9 Å². The molecular formula is C13H15BrFN. The summed E-state index contributed by atoms with van der Waals surface area (Å²) in [6, 6.07) is 5.29. The molecule has 0 bridgehead atoms. The average Bonchev–Trinajstić information content (AvgIpc) is 2.28. The molecule has 1 aromatic carbocycles. The second-order valence-electron chi connectivity index (χ2n) is 3.38. The van der Waals surface area contributed by atoms with Crippen molar-refractivity contribution in [3.8, 4) is 11.8 Å². The summed E-state index contributed by atoms with van der Waals surface area (Å²) in [6.45, 7) is 4.59. The maximum Gasteiger partial charge on any atom is 0.142 e. The molecule has 1 unspecified atom stereocenters. The molecule has 0 aliphatic rings. The second-order valence-corrected chi connectivity index (χ2v) is 4.24. The lowest BCUT2D eigenvalue weighted by Crippen LogP contribution is -2.21. The molecule has 0 aromatic heterocycles. The Morgan fingerprint density at radius 1 is 1.50 bits per heavy atom. The van der Waals surface area contributed by atoms with Crippen LogP contribution in [0.5, 0.6) is 0 Å². The van der Waals surface area contributed by atoms with Gasteiger partial charge in [-0.3, -0.25) is 0 Å². The Balaban J connectivity index is 2.98. The van der Waals surface area contributed by atoms with Crippen molar-refractivity contribution in [3.05, 3.63) is 34.1 Å². The molecule has 0 saturated carbocycles. The van der Waals surface area contributed by atoms with Gasteiger partial charge < -0.3 is 5.32 Å². The van der Waals surface area contributed by atoms with Gasteiger partial charge in [-0.2, -0.15) is 0 Å². The van der Waals surface area contributed by atoms with Crippen LogP contribution in [0, 0.1) is 17.7 Å². The molecule has 0 heterocycles. The highest BCUT2D eigenvalue weighted by Gasteiger charge is 2.15. The summed E-state index contributed by atoms with van der Waals surface area (Å²) in [7, 11) is 0. The largest absolute Gasteiger partial charge is 0.309 e. The van der Waals surface area contributed by atoms with Crippen molar-refractivity contribution in [1.29, 1.82) is 0 Å². The lowest BCUT2D eigenvalue weighted by molar-refractivity contribution is 0.517. The van der Waals surface area contributed by atoms with Crippen molar-refractivity contribution in [3.63, 3.8) is 0 Å². The number of nitrogens with one attached hydrogen (secondary N) is 1. The van der Waals surface area contributed by atoms with Gasteiger partial charge in [-0.1, -0.05) is 19.1 Å². The Labute approximate surface area is 105 Å². The third-order valence-electron chi connectivity index (χ3n) is 2.29. The molecule has 16 heavy (non-hydrogen) atoms. The summed E-state index contributed by atoms with van der Waals surface area (Å²) in [4.78, 5) is 0. The van der Waals surface area contributed by atoms with E-state index >= 15 is 0 Å². The first-order chi connectivity index (χ1) is 7.70. The zero-order chi connectivity index (χ0) is 12.0. The Morgan fingerprint density at radius 2 is 2.25 bits per heavy atom. The molecule has 1 atom stereocenters. The quantitative estimate of drug-likeness (QED) is 0.832. The van der Waals surface area contributed by atoms with Crippen LogP contribution in [0.4, 0.5) is 4.39 Å². The second kappa shape index (κ2) is 6.67. The minimum absolute atomic E-state index is 0.0463. The van der Waals surface area contributed by atoms with E-state index in [4.69, 9.17) is 0 Å². The highest BCUT2D eigenvalue weighted by atomic mass is 79.9. The predicted molar refractivity (Wildman–Crippen MR) is 68.6 cm³/mol. The third-order valence-corrected chi connectivity index (χ3v) is 2.90. The number of hydrogen-bond donors (Lipinski definition) is 1. The topological polar surface area (TPSA) is 12.0 Å². The van der Waals surface area contributed by atoms with Crippen LogP contribution in [-0.4, -0.2) is 6.54 Å². The molecule has 1 aromatic rings. The first-order valence-corrected chi connectivity index (χ1v) is 6.06. The fourth-order valence-electron chi connectivity index (χ4n) is 1.53. The molecule has 1 N–H and O–H groups in total. The van der Waals surface area contributed by atoms with Crippen LogP contribution in [0.1, 0.15) is 31.9 Å². The van der Waals surface area contributed by atoms with E-state index in [2.05, 4.69) is 33.1 Å². The summed E-state index contributed by atoms with van der Waals surface area (Å²) in [6.07, 6.45) is 0.623. The van der Waals surface area contributed by atoms with Crippen LogP contribution in [0.25, 0.3) is 0 Å². The number of halogens is 2. The zero-order valence-corrected chi connectivity index (χ0v) is 11.1. The first-order valence-electron chi connectivity index (χ1n) is 5.27. The number of rotatable bonds is 4. The van der Waals surface area contributed by atoms with Gasteiger partial charge in [0.25, 0.3) is 0 Å². The SMILES string of the molecule is CC#CCC(NCC)c1cccc(Br)c1F. The highest BCUT2D eigenvalue weighted by molar-refractivity contribution is 9.10. The Kier molecular flexibility index (Phi) is 5.51. The van der Waals surface area contributed by atoms with Crippen molar-refractivity contribution in [2.45, 2.75) is 26.3 Å². The zero-order valence-electron chi connectivity index (χ0n) is 9.48. The van der Waals surface area contributed by atoms with Crippen molar-refractivity contribution >= 4 is 15.9 Å². The minimum Gasteiger partial charge on any atom is -0.309 e. The molecule has 0 saturated heterocycles. The molecule has 0 aliphatic carbocycles. The molecule has 0 amide bonds. The normalized spacial score (nSPS) is 11.8. The van der Waals surface area contributed by atoms with Gasteiger partial charge in [-0.05, 0) is 35.5 Å². The molecule has 3 heteroatoms. The standard InChI is InChI=1S/C13H15BrFN/c1-3-5-9-12(16-4-2)10-7-6-8-11(14)13(10)15/h6-8,12,16H,4,9H2,1-2H3. The van der Waals surface area contributed by atoms with Crippen LogP contribution < -0.4 is 5.32 Å². The van der Waals surface area contributed by atoms with Gasteiger partial charge in [-0.25, -0.2) is 4.39 Å². The summed E-state index contributed by atoms with van der Waals surface area (Å²) in [5.41, 5.74) is 0.666. The van der Waals surface area contributed by atoms with Gasteiger partial charge >= 0.3 is 0 Å². The third kappa shape index (κ3) is 3.33. The lowest BCUT2D eigenvalue weighted by atomic mass is 10.0. The average molecular weight is 284 g/mol. The van der Waals surface area contributed by atoms with Gasteiger partial charge in [0.15, 0.2) is 0 Å². The Hall–Kier alpha value is -0.850. The lowest BCUT2D eigenvalue weighted by Gasteiger charge is -2.16.